The molecule has 3 rings (SSSR count). The molecule has 2 heterocycles. The summed E-state index contributed by atoms with van der Waals surface area (Å²) < 4.78 is 53.9. The van der Waals surface area contributed by atoms with Crippen LogP contribution in [0.2, 0.25) is 0 Å². The normalized spacial score (nSPS) is 24.3. The Morgan fingerprint density at radius 2 is 1.83 bits per heavy atom. The van der Waals surface area contributed by atoms with Gasteiger partial charge in [-0.15, -0.1) is 0 Å². The molecule has 2 fully saturated rings. The van der Waals surface area contributed by atoms with Crippen molar-refractivity contribution >= 4 is 0 Å². The first-order chi connectivity index (χ1) is 10.9. The third-order valence-electron chi connectivity index (χ3n) is 4.67. The van der Waals surface area contributed by atoms with Gasteiger partial charge in [-0.05, 0) is 31.5 Å². The molecule has 0 aliphatic carbocycles. The summed E-state index contributed by atoms with van der Waals surface area (Å²) in [5, 5.41) is 0. The van der Waals surface area contributed by atoms with E-state index in [4.69, 9.17) is 0 Å². The molecule has 2 saturated heterocycles. The third-order valence-corrected chi connectivity index (χ3v) is 4.67. The zero-order chi connectivity index (χ0) is 16.6. The SMILES string of the molecule is C=C(C1CCCCN1Cc1c(F)cccc1F)N1CC(F)(F)C1. The Bertz CT molecular complexity index is 574. The van der Waals surface area contributed by atoms with E-state index in [2.05, 4.69) is 6.58 Å². The molecule has 1 unspecified atom stereocenters. The minimum atomic E-state index is -2.65. The number of likely N-dealkylation sites (tertiary alicyclic amines) is 2. The summed E-state index contributed by atoms with van der Waals surface area (Å²) in [6, 6.07) is 3.67. The van der Waals surface area contributed by atoms with Gasteiger partial charge in [0, 0.05) is 23.8 Å². The molecule has 0 bridgehead atoms. The summed E-state index contributed by atoms with van der Waals surface area (Å²) in [5.41, 5.74) is 0.661. The molecular weight excluding hydrogens is 308 g/mol. The molecule has 23 heavy (non-hydrogen) atoms. The molecule has 0 radical (unpaired) electrons. The third kappa shape index (κ3) is 3.37. The number of benzene rings is 1. The van der Waals surface area contributed by atoms with E-state index in [0.29, 0.717) is 12.2 Å². The van der Waals surface area contributed by atoms with Crippen LogP contribution in [0.15, 0.2) is 30.5 Å². The van der Waals surface area contributed by atoms with Crippen LogP contribution in [0.5, 0.6) is 0 Å². The molecule has 1 aromatic rings. The summed E-state index contributed by atoms with van der Waals surface area (Å²) >= 11 is 0. The number of halogens is 4. The van der Waals surface area contributed by atoms with Crippen molar-refractivity contribution in [3.8, 4) is 0 Å². The van der Waals surface area contributed by atoms with Gasteiger partial charge in [0.05, 0.1) is 13.1 Å². The van der Waals surface area contributed by atoms with Crippen molar-refractivity contribution in [2.24, 2.45) is 0 Å². The van der Waals surface area contributed by atoms with E-state index < -0.39 is 17.6 Å². The standard InChI is InChI=1S/C17H20F4N2/c1-12(23-10-17(20,21)11-23)16-7-2-3-8-22(16)9-13-14(18)5-4-6-15(13)19/h4-6,16H,1-3,7-11H2. The predicted molar refractivity (Wildman–Crippen MR) is 80.1 cm³/mol. The first-order valence-electron chi connectivity index (χ1n) is 7.86. The van der Waals surface area contributed by atoms with E-state index in [0.717, 1.165) is 19.3 Å². The minimum absolute atomic E-state index is 0.0288. The molecule has 0 amide bonds. The fourth-order valence-corrected chi connectivity index (χ4v) is 3.37. The first-order valence-corrected chi connectivity index (χ1v) is 7.86. The van der Waals surface area contributed by atoms with Crippen molar-refractivity contribution in [2.75, 3.05) is 19.6 Å². The van der Waals surface area contributed by atoms with Crippen molar-refractivity contribution in [2.45, 2.75) is 37.8 Å². The number of hydrogen-bond acceptors (Lipinski definition) is 2. The van der Waals surface area contributed by atoms with Crippen LogP contribution in [0.1, 0.15) is 24.8 Å². The second-order valence-corrected chi connectivity index (χ2v) is 6.39. The van der Waals surface area contributed by atoms with Gasteiger partial charge in [0.15, 0.2) is 0 Å². The summed E-state index contributed by atoms with van der Waals surface area (Å²) in [4.78, 5) is 3.52. The molecule has 2 aliphatic rings. The summed E-state index contributed by atoms with van der Waals surface area (Å²) in [7, 11) is 0. The van der Waals surface area contributed by atoms with Crippen molar-refractivity contribution in [3.05, 3.63) is 47.7 Å². The van der Waals surface area contributed by atoms with E-state index in [9.17, 15) is 17.6 Å². The second kappa shape index (κ2) is 6.15. The largest absolute Gasteiger partial charge is 0.362 e. The van der Waals surface area contributed by atoms with Gasteiger partial charge in [0.2, 0.25) is 0 Å². The predicted octanol–water partition coefficient (Wildman–Crippen LogP) is 3.78. The maximum Gasteiger partial charge on any atom is 0.282 e. The van der Waals surface area contributed by atoms with Crippen LogP contribution in [0, 0.1) is 11.6 Å². The lowest BCUT2D eigenvalue weighted by atomic mass is 9.96. The Hall–Kier alpha value is -1.56. The van der Waals surface area contributed by atoms with Crippen LogP contribution in [0.25, 0.3) is 0 Å². The molecule has 2 aliphatic heterocycles. The average Bonchev–Trinajstić information content (AvgIpc) is 2.48. The van der Waals surface area contributed by atoms with Crippen molar-refractivity contribution in [1.82, 2.24) is 9.80 Å². The van der Waals surface area contributed by atoms with Gasteiger partial charge in [0.25, 0.3) is 5.92 Å². The summed E-state index contributed by atoms with van der Waals surface area (Å²) in [6.45, 7) is 4.15. The Kier molecular flexibility index (Phi) is 4.36. The van der Waals surface area contributed by atoms with Gasteiger partial charge >= 0.3 is 0 Å². The second-order valence-electron chi connectivity index (χ2n) is 6.39. The molecule has 0 N–H and O–H groups in total. The molecular formula is C17H20F4N2. The van der Waals surface area contributed by atoms with Crippen LogP contribution >= 0.6 is 0 Å². The maximum atomic E-state index is 13.9. The van der Waals surface area contributed by atoms with Gasteiger partial charge < -0.3 is 4.90 Å². The number of alkyl halides is 2. The van der Waals surface area contributed by atoms with Crippen LogP contribution in [0.3, 0.4) is 0 Å². The van der Waals surface area contributed by atoms with E-state index in [1.165, 1.54) is 18.2 Å². The molecule has 1 aromatic carbocycles. The number of piperidine rings is 1. The lowest BCUT2D eigenvalue weighted by Crippen LogP contribution is -2.58. The van der Waals surface area contributed by atoms with Crippen molar-refractivity contribution in [3.63, 3.8) is 0 Å². The quantitative estimate of drug-likeness (QED) is 0.776. The van der Waals surface area contributed by atoms with Crippen molar-refractivity contribution in [1.29, 1.82) is 0 Å². The summed E-state index contributed by atoms with van der Waals surface area (Å²) in [5.74, 6) is -3.80. The highest BCUT2D eigenvalue weighted by molar-refractivity contribution is 5.21. The molecule has 126 valence electrons. The van der Waals surface area contributed by atoms with Gasteiger partial charge in [-0.2, -0.15) is 0 Å². The number of hydrogen-bond donors (Lipinski definition) is 0. The molecule has 1 atom stereocenters. The molecule has 0 saturated carbocycles. The van der Waals surface area contributed by atoms with Crippen LogP contribution in [-0.2, 0) is 6.54 Å². The topological polar surface area (TPSA) is 6.48 Å². The Labute approximate surface area is 133 Å². The summed E-state index contributed by atoms with van der Waals surface area (Å²) in [6.07, 6.45) is 2.66. The zero-order valence-corrected chi connectivity index (χ0v) is 12.9. The maximum absolute atomic E-state index is 13.9. The highest BCUT2D eigenvalue weighted by Gasteiger charge is 2.46. The Morgan fingerprint density at radius 1 is 1.17 bits per heavy atom. The van der Waals surface area contributed by atoms with E-state index in [1.54, 1.807) is 4.90 Å². The zero-order valence-electron chi connectivity index (χ0n) is 12.9. The van der Waals surface area contributed by atoms with Crippen LogP contribution < -0.4 is 0 Å². The van der Waals surface area contributed by atoms with Gasteiger partial charge in [0.1, 0.15) is 11.6 Å². The highest BCUT2D eigenvalue weighted by Crippen LogP contribution is 2.34. The van der Waals surface area contributed by atoms with Crippen molar-refractivity contribution < 1.29 is 17.6 Å². The molecule has 2 nitrogen and oxygen atoms in total. The van der Waals surface area contributed by atoms with Gasteiger partial charge in [-0.3, -0.25) is 4.90 Å². The monoisotopic (exact) mass is 328 g/mol. The van der Waals surface area contributed by atoms with E-state index in [-0.39, 0.29) is 31.2 Å². The number of rotatable bonds is 4. The lowest BCUT2D eigenvalue weighted by Gasteiger charge is -2.47. The van der Waals surface area contributed by atoms with E-state index in [1.807, 2.05) is 4.90 Å². The number of nitrogens with zero attached hydrogens (tertiary/aromatic N) is 2. The highest BCUT2D eigenvalue weighted by atomic mass is 19.3. The Balaban J connectivity index is 1.73. The molecule has 0 aromatic heterocycles. The average molecular weight is 328 g/mol. The fourth-order valence-electron chi connectivity index (χ4n) is 3.37. The minimum Gasteiger partial charge on any atom is -0.362 e. The first kappa shape index (κ1) is 16.3. The van der Waals surface area contributed by atoms with Crippen LogP contribution in [0.4, 0.5) is 17.6 Å². The fraction of sp³-hybridized carbons (Fsp3) is 0.529. The Morgan fingerprint density at radius 3 is 2.43 bits per heavy atom. The van der Waals surface area contributed by atoms with Gasteiger partial charge in [-0.1, -0.05) is 19.1 Å². The smallest absolute Gasteiger partial charge is 0.282 e. The van der Waals surface area contributed by atoms with Gasteiger partial charge in [-0.25, -0.2) is 17.6 Å². The van der Waals surface area contributed by atoms with Crippen LogP contribution in [-0.4, -0.2) is 41.4 Å². The molecule has 6 heteroatoms. The van der Waals surface area contributed by atoms with E-state index >= 15 is 0 Å². The molecule has 0 spiro atoms. The lowest BCUT2D eigenvalue weighted by molar-refractivity contribution is -0.121.